The van der Waals surface area contributed by atoms with Crippen molar-refractivity contribution in [2.75, 3.05) is 0 Å². The zero-order valence-corrected chi connectivity index (χ0v) is 11.3. The lowest BCUT2D eigenvalue weighted by Crippen LogP contribution is -2.00. The lowest BCUT2D eigenvalue weighted by atomic mass is 10.1. The van der Waals surface area contributed by atoms with Gasteiger partial charge in [0.2, 0.25) is 0 Å². The summed E-state index contributed by atoms with van der Waals surface area (Å²) in [4.78, 5) is 0. The van der Waals surface area contributed by atoms with Crippen LogP contribution in [0.3, 0.4) is 0 Å². The van der Waals surface area contributed by atoms with Crippen LogP contribution in [0.15, 0.2) is 23.4 Å². The van der Waals surface area contributed by atoms with Crippen LogP contribution in [0.25, 0.3) is 0 Å². The second kappa shape index (κ2) is 5.66. The second-order valence-corrected chi connectivity index (χ2v) is 5.35. The molecule has 7 heteroatoms. The minimum Gasteiger partial charge on any atom is -0.388 e. The Balaban J connectivity index is 2.22. The summed E-state index contributed by atoms with van der Waals surface area (Å²) in [5.74, 6) is -0.502. The Kier molecular flexibility index (Phi) is 4.16. The van der Waals surface area contributed by atoms with Crippen molar-refractivity contribution in [1.82, 2.24) is 14.8 Å². The molecule has 1 unspecified atom stereocenters. The number of halogens is 2. The van der Waals surface area contributed by atoms with E-state index in [2.05, 4.69) is 10.2 Å². The molecule has 102 valence electrons. The van der Waals surface area contributed by atoms with Gasteiger partial charge < -0.3 is 9.67 Å². The van der Waals surface area contributed by atoms with Crippen molar-refractivity contribution in [2.45, 2.75) is 23.9 Å². The van der Waals surface area contributed by atoms with E-state index in [1.807, 2.05) is 0 Å². The van der Waals surface area contributed by atoms with Crippen LogP contribution >= 0.6 is 11.8 Å². The average molecular weight is 285 g/mol. The summed E-state index contributed by atoms with van der Waals surface area (Å²) in [5, 5.41) is 16.9. The van der Waals surface area contributed by atoms with Gasteiger partial charge in [0.15, 0.2) is 11.0 Å². The quantitative estimate of drug-likeness (QED) is 0.877. The average Bonchev–Trinajstić information content (AvgIpc) is 2.73. The maximum atomic E-state index is 13.6. The zero-order chi connectivity index (χ0) is 14.0. The molecule has 4 nitrogen and oxygen atoms in total. The van der Waals surface area contributed by atoms with Crippen LogP contribution in [-0.4, -0.2) is 19.9 Å². The van der Waals surface area contributed by atoms with Crippen molar-refractivity contribution in [3.8, 4) is 0 Å². The van der Waals surface area contributed by atoms with Crippen LogP contribution in [-0.2, 0) is 13.7 Å². The van der Waals surface area contributed by atoms with Crippen LogP contribution in [0.4, 0.5) is 8.78 Å². The van der Waals surface area contributed by atoms with Crippen molar-refractivity contribution < 1.29 is 13.9 Å². The van der Waals surface area contributed by atoms with Crippen LogP contribution in [0.5, 0.6) is 0 Å². The topological polar surface area (TPSA) is 50.9 Å². The smallest absolute Gasteiger partial charge is 0.191 e. The minimum absolute atomic E-state index is 0.216. The van der Waals surface area contributed by atoms with E-state index in [1.54, 1.807) is 18.5 Å². The summed E-state index contributed by atoms with van der Waals surface area (Å²) in [6.45, 7) is 1.54. The van der Waals surface area contributed by atoms with Gasteiger partial charge in [-0.3, -0.25) is 0 Å². The highest BCUT2D eigenvalue weighted by atomic mass is 32.2. The van der Waals surface area contributed by atoms with Crippen molar-refractivity contribution in [2.24, 2.45) is 7.05 Å². The molecule has 1 aromatic carbocycles. The highest BCUT2D eigenvalue weighted by molar-refractivity contribution is 7.99. The number of rotatable bonds is 4. The molecule has 0 aliphatic rings. The SMILES string of the molecule is CC(Sc1nnc(CO)n1C)c1cc(F)ccc1F. The third-order valence-electron chi connectivity index (χ3n) is 2.74. The highest BCUT2D eigenvalue weighted by Crippen LogP contribution is 2.35. The maximum Gasteiger partial charge on any atom is 0.191 e. The first-order valence-corrected chi connectivity index (χ1v) is 6.51. The second-order valence-electron chi connectivity index (χ2n) is 4.04. The van der Waals surface area contributed by atoms with Crippen LogP contribution < -0.4 is 0 Å². The molecule has 0 radical (unpaired) electrons. The number of aliphatic hydroxyl groups excluding tert-OH is 1. The standard InChI is InChI=1S/C12H13F2N3OS/c1-7(9-5-8(13)3-4-10(9)14)19-12-16-15-11(6-18)17(12)2/h3-5,7,18H,6H2,1-2H3. The first-order chi connectivity index (χ1) is 9.02. The van der Waals surface area contributed by atoms with Gasteiger partial charge in [-0.25, -0.2) is 8.78 Å². The molecule has 1 N–H and O–H groups in total. The Morgan fingerprint density at radius 2 is 2.11 bits per heavy atom. The zero-order valence-electron chi connectivity index (χ0n) is 10.5. The predicted molar refractivity (Wildman–Crippen MR) is 67.6 cm³/mol. The number of aliphatic hydroxyl groups is 1. The van der Waals surface area contributed by atoms with E-state index in [-0.39, 0.29) is 17.4 Å². The Morgan fingerprint density at radius 1 is 1.37 bits per heavy atom. The lowest BCUT2D eigenvalue weighted by Gasteiger charge is -2.12. The molecule has 0 amide bonds. The first-order valence-electron chi connectivity index (χ1n) is 5.63. The molecule has 2 rings (SSSR count). The van der Waals surface area contributed by atoms with Gasteiger partial charge in [0, 0.05) is 17.9 Å². The number of thioether (sulfide) groups is 1. The van der Waals surface area contributed by atoms with Crippen LogP contribution in [0.1, 0.15) is 23.6 Å². The normalized spacial score (nSPS) is 12.7. The summed E-state index contributed by atoms with van der Waals surface area (Å²) in [7, 11) is 1.71. The molecule has 0 saturated heterocycles. The van der Waals surface area contributed by atoms with Gasteiger partial charge in [0.25, 0.3) is 0 Å². The number of aromatic nitrogens is 3. The van der Waals surface area contributed by atoms with Crippen molar-refractivity contribution >= 4 is 11.8 Å². The number of benzene rings is 1. The number of nitrogens with zero attached hydrogens (tertiary/aromatic N) is 3. The molecule has 0 fully saturated rings. The van der Waals surface area contributed by atoms with Gasteiger partial charge >= 0.3 is 0 Å². The summed E-state index contributed by atoms with van der Waals surface area (Å²) in [5.41, 5.74) is 0.276. The Hall–Kier alpha value is -1.47. The molecule has 19 heavy (non-hydrogen) atoms. The fourth-order valence-electron chi connectivity index (χ4n) is 1.63. The van der Waals surface area contributed by atoms with Crippen molar-refractivity contribution in [1.29, 1.82) is 0 Å². The van der Waals surface area contributed by atoms with E-state index in [0.29, 0.717) is 11.0 Å². The number of hydrogen-bond acceptors (Lipinski definition) is 4. The highest BCUT2D eigenvalue weighted by Gasteiger charge is 2.17. The molecule has 2 aromatic rings. The number of hydrogen-bond donors (Lipinski definition) is 1. The fourth-order valence-corrected chi connectivity index (χ4v) is 2.61. The third-order valence-corrected chi connectivity index (χ3v) is 3.92. The lowest BCUT2D eigenvalue weighted by molar-refractivity contribution is 0.266. The molecule has 1 heterocycles. The Labute approximate surface area is 113 Å². The van der Waals surface area contributed by atoms with Crippen LogP contribution in [0, 0.1) is 11.6 Å². The van der Waals surface area contributed by atoms with E-state index >= 15 is 0 Å². The van der Waals surface area contributed by atoms with Gasteiger partial charge in [-0.2, -0.15) is 0 Å². The maximum absolute atomic E-state index is 13.6. The molecule has 0 saturated carbocycles. The van der Waals surface area contributed by atoms with Crippen LogP contribution in [0.2, 0.25) is 0 Å². The molecule has 0 aliphatic heterocycles. The summed E-state index contributed by atoms with van der Waals surface area (Å²) in [6.07, 6.45) is 0. The van der Waals surface area contributed by atoms with E-state index in [4.69, 9.17) is 5.11 Å². The summed E-state index contributed by atoms with van der Waals surface area (Å²) in [6, 6.07) is 3.37. The van der Waals surface area contributed by atoms with Gasteiger partial charge in [-0.05, 0) is 25.1 Å². The molecule has 0 aliphatic carbocycles. The fraction of sp³-hybridized carbons (Fsp3) is 0.333. The predicted octanol–water partition coefficient (Wildman–Crippen LogP) is 2.44. The van der Waals surface area contributed by atoms with Gasteiger partial charge in [0.1, 0.15) is 18.2 Å². The van der Waals surface area contributed by atoms with E-state index in [0.717, 1.165) is 12.1 Å². The first kappa shape index (κ1) is 14.0. The molecule has 0 bridgehead atoms. The Morgan fingerprint density at radius 3 is 2.74 bits per heavy atom. The summed E-state index contributed by atoms with van der Waals surface area (Å²) >= 11 is 1.25. The van der Waals surface area contributed by atoms with Gasteiger partial charge in [-0.15, -0.1) is 10.2 Å². The molecular weight excluding hydrogens is 272 g/mol. The monoisotopic (exact) mass is 285 g/mol. The van der Waals surface area contributed by atoms with Crippen molar-refractivity contribution in [3.05, 3.63) is 41.2 Å². The molecular formula is C12H13F2N3OS. The largest absolute Gasteiger partial charge is 0.388 e. The van der Waals surface area contributed by atoms with E-state index in [9.17, 15) is 8.78 Å². The molecule has 1 atom stereocenters. The van der Waals surface area contributed by atoms with Gasteiger partial charge in [0.05, 0.1) is 0 Å². The van der Waals surface area contributed by atoms with Crippen molar-refractivity contribution in [3.63, 3.8) is 0 Å². The molecule has 0 spiro atoms. The summed E-state index contributed by atoms with van der Waals surface area (Å²) < 4.78 is 28.4. The van der Waals surface area contributed by atoms with Gasteiger partial charge in [-0.1, -0.05) is 11.8 Å². The third kappa shape index (κ3) is 2.93. The minimum atomic E-state index is -0.474. The van der Waals surface area contributed by atoms with E-state index in [1.165, 1.54) is 17.8 Å². The van der Waals surface area contributed by atoms with E-state index < -0.39 is 11.6 Å². The molecule has 1 aromatic heterocycles. The Bertz CT molecular complexity index is 588.